The van der Waals surface area contributed by atoms with Crippen molar-refractivity contribution in [3.05, 3.63) is 23.8 Å². The molecule has 1 aromatic carbocycles. The van der Waals surface area contributed by atoms with Crippen LogP contribution in [0.15, 0.2) is 23.3 Å². The van der Waals surface area contributed by atoms with Crippen molar-refractivity contribution >= 4 is 12.1 Å². The Labute approximate surface area is 123 Å². The van der Waals surface area contributed by atoms with Gasteiger partial charge in [-0.1, -0.05) is 19.8 Å². The number of carbonyl (C=O) groups excluding carboxylic acids is 1. The molecule has 5 heteroatoms. The smallest absolute Gasteiger partial charge is 0.244 e. The monoisotopic (exact) mass is 288 g/mol. The second-order valence-electron chi connectivity index (χ2n) is 6.31. The fourth-order valence-electron chi connectivity index (χ4n) is 3.73. The largest absolute Gasteiger partial charge is 0.508 e. The summed E-state index contributed by atoms with van der Waals surface area (Å²) in [7, 11) is 0. The number of carbonyl (C=O) groups is 1. The van der Waals surface area contributed by atoms with Gasteiger partial charge in [0.1, 0.15) is 11.5 Å². The second kappa shape index (κ2) is 5.06. The number of fused-ring (bicyclic) bond motifs is 1. The van der Waals surface area contributed by atoms with Gasteiger partial charge in [-0.15, -0.1) is 0 Å². The number of benzene rings is 1. The van der Waals surface area contributed by atoms with Crippen molar-refractivity contribution < 1.29 is 15.0 Å². The SMILES string of the molecule is C[C@]12CCCC[C@H]1[C@@H]2C(=O)N/N=C\c1ccc(O)cc1O. The van der Waals surface area contributed by atoms with Gasteiger partial charge in [-0.3, -0.25) is 4.79 Å². The minimum Gasteiger partial charge on any atom is -0.508 e. The Balaban J connectivity index is 1.60. The Kier molecular flexibility index (Phi) is 3.35. The Morgan fingerprint density at radius 3 is 2.90 bits per heavy atom. The van der Waals surface area contributed by atoms with E-state index < -0.39 is 0 Å². The average Bonchev–Trinajstić information content (AvgIpc) is 3.07. The molecule has 3 N–H and O–H groups in total. The van der Waals surface area contributed by atoms with Crippen LogP contribution in [0.1, 0.15) is 38.2 Å². The third-order valence-corrected chi connectivity index (χ3v) is 5.01. The van der Waals surface area contributed by atoms with Gasteiger partial charge in [-0.05, 0) is 36.3 Å². The van der Waals surface area contributed by atoms with Gasteiger partial charge in [-0.2, -0.15) is 5.10 Å². The molecule has 1 aromatic rings. The lowest BCUT2D eigenvalue weighted by molar-refractivity contribution is -0.123. The molecular weight excluding hydrogens is 268 g/mol. The van der Waals surface area contributed by atoms with E-state index in [2.05, 4.69) is 17.5 Å². The quantitative estimate of drug-likeness (QED) is 0.590. The Morgan fingerprint density at radius 1 is 1.43 bits per heavy atom. The summed E-state index contributed by atoms with van der Waals surface area (Å²) in [4.78, 5) is 12.2. The second-order valence-corrected chi connectivity index (χ2v) is 6.31. The van der Waals surface area contributed by atoms with Crippen LogP contribution in [0.5, 0.6) is 11.5 Å². The number of aromatic hydroxyl groups is 2. The van der Waals surface area contributed by atoms with Crippen molar-refractivity contribution in [3.8, 4) is 11.5 Å². The van der Waals surface area contributed by atoms with Crippen LogP contribution < -0.4 is 5.43 Å². The Morgan fingerprint density at radius 2 is 2.24 bits per heavy atom. The lowest BCUT2D eigenvalue weighted by atomic mass is 9.90. The van der Waals surface area contributed by atoms with Gasteiger partial charge in [0.2, 0.25) is 5.91 Å². The number of nitrogens with one attached hydrogen (secondary N) is 1. The lowest BCUT2D eigenvalue weighted by Gasteiger charge is -2.15. The third-order valence-electron chi connectivity index (χ3n) is 5.01. The zero-order valence-electron chi connectivity index (χ0n) is 12.0. The topological polar surface area (TPSA) is 81.9 Å². The van der Waals surface area contributed by atoms with Crippen LogP contribution in [0.2, 0.25) is 0 Å². The molecular formula is C16H20N2O3. The molecule has 0 radical (unpaired) electrons. The third kappa shape index (κ3) is 2.48. The van der Waals surface area contributed by atoms with E-state index in [4.69, 9.17) is 0 Å². The number of amides is 1. The number of phenols is 2. The molecule has 0 unspecified atom stereocenters. The molecule has 2 aliphatic carbocycles. The van der Waals surface area contributed by atoms with Crippen LogP contribution in [0, 0.1) is 17.3 Å². The van der Waals surface area contributed by atoms with Gasteiger partial charge >= 0.3 is 0 Å². The molecule has 2 saturated carbocycles. The predicted molar refractivity (Wildman–Crippen MR) is 79.1 cm³/mol. The molecule has 0 heterocycles. The molecule has 0 aliphatic heterocycles. The van der Waals surface area contributed by atoms with Crippen molar-refractivity contribution in [2.45, 2.75) is 32.6 Å². The van der Waals surface area contributed by atoms with Crippen molar-refractivity contribution in [3.63, 3.8) is 0 Å². The number of hydrogen-bond donors (Lipinski definition) is 3. The van der Waals surface area contributed by atoms with E-state index in [9.17, 15) is 15.0 Å². The van der Waals surface area contributed by atoms with Crippen molar-refractivity contribution in [2.75, 3.05) is 0 Å². The van der Waals surface area contributed by atoms with E-state index in [-0.39, 0.29) is 28.7 Å². The number of hydrogen-bond acceptors (Lipinski definition) is 4. The van der Waals surface area contributed by atoms with Crippen LogP contribution in [0.4, 0.5) is 0 Å². The maximum atomic E-state index is 12.2. The van der Waals surface area contributed by atoms with Gasteiger partial charge < -0.3 is 10.2 Å². The molecule has 1 amide bonds. The number of hydrazone groups is 1. The number of phenolic OH excluding ortho intramolecular Hbond substituents is 2. The highest BCUT2D eigenvalue weighted by Gasteiger charge is 2.64. The molecule has 112 valence electrons. The highest BCUT2D eigenvalue weighted by Crippen LogP contribution is 2.66. The van der Waals surface area contributed by atoms with E-state index >= 15 is 0 Å². The summed E-state index contributed by atoms with van der Waals surface area (Å²) in [6.07, 6.45) is 6.08. The van der Waals surface area contributed by atoms with Crippen LogP contribution in [-0.4, -0.2) is 22.3 Å². The normalized spacial score (nSPS) is 30.9. The van der Waals surface area contributed by atoms with E-state index in [0.717, 1.165) is 12.8 Å². The van der Waals surface area contributed by atoms with Crippen molar-refractivity contribution in [2.24, 2.45) is 22.4 Å². The average molecular weight is 288 g/mol. The first-order valence-electron chi connectivity index (χ1n) is 7.37. The van der Waals surface area contributed by atoms with E-state index in [1.165, 1.54) is 31.2 Å². The molecule has 0 aromatic heterocycles. The molecule has 3 rings (SSSR count). The van der Waals surface area contributed by atoms with E-state index in [0.29, 0.717) is 11.5 Å². The fourth-order valence-corrected chi connectivity index (χ4v) is 3.73. The Hall–Kier alpha value is -2.04. The van der Waals surface area contributed by atoms with Crippen molar-refractivity contribution in [1.29, 1.82) is 0 Å². The summed E-state index contributed by atoms with van der Waals surface area (Å²) in [6.45, 7) is 2.19. The molecule has 0 saturated heterocycles. The molecule has 0 bridgehead atoms. The minimum absolute atomic E-state index is 0.0105. The highest BCUT2D eigenvalue weighted by molar-refractivity contribution is 5.87. The molecule has 21 heavy (non-hydrogen) atoms. The van der Waals surface area contributed by atoms with Gasteiger partial charge in [0.05, 0.1) is 6.21 Å². The fraction of sp³-hybridized carbons (Fsp3) is 0.500. The first-order valence-corrected chi connectivity index (χ1v) is 7.37. The van der Waals surface area contributed by atoms with Crippen LogP contribution in [-0.2, 0) is 4.79 Å². The zero-order valence-corrected chi connectivity index (χ0v) is 12.0. The maximum absolute atomic E-state index is 12.2. The first-order chi connectivity index (χ1) is 10.0. The van der Waals surface area contributed by atoms with Crippen molar-refractivity contribution in [1.82, 2.24) is 5.43 Å². The molecule has 3 atom stereocenters. The lowest BCUT2D eigenvalue weighted by Crippen LogP contribution is -2.22. The summed E-state index contributed by atoms with van der Waals surface area (Å²) in [5.74, 6) is 0.469. The Bertz CT molecular complexity index is 599. The predicted octanol–water partition coefficient (Wildman–Crippen LogP) is 2.37. The minimum atomic E-state index is -0.0694. The van der Waals surface area contributed by atoms with Gasteiger partial charge in [-0.25, -0.2) is 5.43 Å². The summed E-state index contributed by atoms with van der Waals surface area (Å²) >= 11 is 0. The van der Waals surface area contributed by atoms with Crippen LogP contribution in [0.25, 0.3) is 0 Å². The molecule has 2 fully saturated rings. The standard InChI is InChI=1S/C16H20N2O3/c1-16-7-3-2-4-12(16)14(16)15(21)18-17-9-10-5-6-11(19)8-13(10)20/h5-6,8-9,12,14,19-20H,2-4,7H2,1H3,(H,18,21)/b17-9-/t12-,14+,16-/m0/s1. The van der Waals surface area contributed by atoms with Gasteiger partial charge in [0.15, 0.2) is 0 Å². The molecule has 5 nitrogen and oxygen atoms in total. The van der Waals surface area contributed by atoms with Crippen LogP contribution in [0.3, 0.4) is 0 Å². The summed E-state index contributed by atoms with van der Waals surface area (Å²) in [5, 5.41) is 22.7. The van der Waals surface area contributed by atoms with Gasteiger partial charge in [0.25, 0.3) is 0 Å². The molecule has 0 spiro atoms. The number of rotatable bonds is 3. The number of nitrogens with zero attached hydrogens (tertiary/aromatic N) is 1. The zero-order chi connectivity index (χ0) is 15.0. The summed E-state index contributed by atoms with van der Waals surface area (Å²) in [5.41, 5.74) is 3.19. The van der Waals surface area contributed by atoms with E-state index in [1.807, 2.05) is 0 Å². The van der Waals surface area contributed by atoms with E-state index in [1.54, 1.807) is 6.07 Å². The highest BCUT2D eigenvalue weighted by atomic mass is 16.3. The molecule has 2 aliphatic rings. The summed E-state index contributed by atoms with van der Waals surface area (Å²) in [6, 6.07) is 4.23. The van der Waals surface area contributed by atoms with Crippen LogP contribution >= 0.6 is 0 Å². The first kappa shape index (κ1) is 13.9. The maximum Gasteiger partial charge on any atom is 0.244 e. The van der Waals surface area contributed by atoms with Gasteiger partial charge in [0, 0.05) is 17.5 Å². The summed E-state index contributed by atoms with van der Waals surface area (Å²) < 4.78 is 0.